The number of fused-ring (bicyclic) bond motifs is 4. The summed E-state index contributed by atoms with van der Waals surface area (Å²) in [4.78, 5) is 31.7. The molecule has 1 aliphatic heterocycles. The number of para-hydroxylation sites is 2. The Morgan fingerprint density at radius 2 is 1.62 bits per heavy atom. The quantitative estimate of drug-likeness (QED) is 0.307. The van der Waals surface area contributed by atoms with Crippen molar-refractivity contribution in [3.8, 4) is 5.69 Å². The highest BCUT2D eigenvalue weighted by molar-refractivity contribution is 6.09. The van der Waals surface area contributed by atoms with Crippen molar-refractivity contribution in [1.82, 2.24) is 9.47 Å². The third-order valence-electron chi connectivity index (χ3n) is 7.37. The van der Waals surface area contributed by atoms with Crippen LogP contribution in [0.4, 0.5) is 5.69 Å². The molecular formula is C31H25N3O3. The van der Waals surface area contributed by atoms with E-state index in [0.29, 0.717) is 11.3 Å². The molecule has 1 fully saturated rings. The molecule has 0 bridgehead atoms. The zero-order valence-corrected chi connectivity index (χ0v) is 20.2. The van der Waals surface area contributed by atoms with E-state index in [1.165, 1.54) is 0 Å². The highest BCUT2D eigenvalue weighted by Crippen LogP contribution is 2.42. The van der Waals surface area contributed by atoms with Gasteiger partial charge < -0.3 is 13.9 Å². The number of carbonyl (C=O) groups is 2. The van der Waals surface area contributed by atoms with Crippen molar-refractivity contribution in [3.05, 3.63) is 120 Å². The van der Waals surface area contributed by atoms with Crippen LogP contribution in [0.5, 0.6) is 0 Å². The third-order valence-corrected chi connectivity index (χ3v) is 7.37. The van der Waals surface area contributed by atoms with E-state index in [1.54, 1.807) is 16.1 Å². The molecule has 6 heteroatoms. The molecule has 1 atom stereocenters. The Kier molecular flexibility index (Phi) is 4.99. The average Bonchev–Trinajstić information content (AvgIpc) is 3.40. The lowest BCUT2D eigenvalue weighted by molar-refractivity contribution is -0.120. The molecule has 0 radical (unpaired) electrons. The first kappa shape index (κ1) is 21.7. The fraction of sp³-hybridized carbons (Fsp3) is 0.161. The van der Waals surface area contributed by atoms with E-state index in [2.05, 4.69) is 4.57 Å². The fourth-order valence-corrected chi connectivity index (χ4v) is 5.52. The largest absolute Gasteiger partial charge is 0.467 e. The van der Waals surface area contributed by atoms with Crippen molar-refractivity contribution in [2.45, 2.75) is 24.9 Å². The van der Waals surface area contributed by atoms with Gasteiger partial charge in [0.05, 0.1) is 23.3 Å². The van der Waals surface area contributed by atoms with Crippen LogP contribution < -0.4 is 4.90 Å². The Balaban J connectivity index is 1.29. The smallest absolute Gasteiger partial charge is 0.255 e. The first-order valence-corrected chi connectivity index (χ1v) is 12.6. The molecule has 2 aliphatic rings. The maximum absolute atomic E-state index is 14.2. The number of rotatable bonds is 5. The molecule has 3 aromatic carbocycles. The van der Waals surface area contributed by atoms with Gasteiger partial charge in [-0.25, -0.2) is 0 Å². The number of hydrogen-bond donors (Lipinski definition) is 0. The van der Waals surface area contributed by atoms with Crippen molar-refractivity contribution < 1.29 is 14.0 Å². The van der Waals surface area contributed by atoms with E-state index < -0.39 is 6.04 Å². The summed E-state index contributed by atoms with van der Waals surface area (Å²) in [6.07, 6.45) is 5.45. The lowest BCUT2D eigenvalue weighted by Crippen LogP contribution is -2.47. The summed E-state index contributed by atoms with van der Waals surface area (Å²) in [7, 11) is 0. The van der Waals surface area contributed by atoms with Crippen LogP contribution in [0, 0.1) is 0 Å². The Bertz CT molecular complexity index is 1630. The van der Waals surface area contributed by atoms with Gasteiger partial charge in [0, 0.05) is 17.8 Å². The SMILES string of the molecule is O=C(c1cccc2ccccc12)N(CC(=O)N1c2ccccc2-n2cccc2C1c1ccco1)C1CC1. The van der Waals surface area contributed by atoms with Gasteiger partial charge in [-0.05, 0) is 66.1 Å². The van der Waals surface area contributed by atoms with E-state index in [0.717, 1.165) is 40.7 Å². The number of nitrogens with zero attached hydrogens (tertiary/aromatic N) is 3. The number of amides is 2. The van der Waals surface area contributed by atoms with Gasteiger partial charge in [0.1, 0.15) is 18.3 Å². The minimum Gasteiger partial charge on any atom is -0.467 e. The molecule has 5 aromatic rings. The van der Waals surface area contributed by atoms with Gasteiger partial charge in [0.25, 0.3) is 5.91 Å². The molecular weight excluding hydrogens is 462 g/mol. The van der Waals surface area contributed by atoms with Crippen LogP contribution in [-0.2, 0) is 4.79 Å². The van der Waals surface area contributed by atoms with Crippen LogP contribution in [0.2, 0.25) is 0 Å². The summed E-state index contributed by atoms with van der Waals surface area (Å²) in [5.41, 5.74) is 3.30. The third kappa shape index (κ3) is 3.56. The van der Waals surface area contributed by atoms with Crippen LogP contribution in [0.25, 0.3) is 16.5 Å². The normalized spacial score (nSPS) is 16.3. The molecule has 1 saturated carbocycles. The molecule has 37 heavy (non-hydrogen) atoms. The first-order chi connectivity index (χ1) is 18.2. The summed E-state index contributed by atoms with van der Waals surface area (Å²) >= 11 is 0. The molecule has 3 heterocycles. The molecule has 0 spiro atoms. The molecule has 182 valence electrons. The molecule has 0 saturated heterocycles. The number of benzene rings is 3. The molecule has 2 amide bonds. The predicted octanol–water partition coefficient (Wildman–Crippen LogP) is 5.96. The lowest BCUT2D eigenvalue weighted by Gasteiger charge is -2.38. The van der Waals surface area contributed by atoms with Gasteiger partial charge in [-0.15, -0.1) is 0 Å². The second-order valence-electron chi connectivity index (χ2n) is 9.66. The summed E-state index contributed by atoms with van der Waals surface area (Å²) in [5, 5.41) is 1.92. The minimum absolute atomic E-state index is 0.00102. The number of furan rings is 1. The van der Waals surface area contributed by atoms with Gasteiger partial charge >= 0.3 is 0 Å². The number of hydrogen-bond acceptors (Lipinski definition) is 3. The Morgan fingerprint density at radius 3 is 2.43 bits per heavy atom. The van der Waals surface area contributed by atoms with E-state index in [1.807, 2.05) is 97.2 Å². The number of aromatic nitrogens is 1. The molecule has 2 aromatic heterocycles. The van der Waals surface area contributed by atoms with Crippen LogP contribution in [0.15, 0.2) is 108 Å². The van der Waals surface area contributed by atoms with Crippen molar-refractivity contribution in [1.29, 1.82) is 0 Å². The number of anilines is 1. The highest BCUT2D eigenvalue weighted by atomic mass is 16.3. The van der Waals surface area contributed by atoms with E-state index in [4.69, 9.17) is 4.42 Å². The topological polar surface area (TPSA) is 58.7 Å². The summed E-state index contributed by atoms with van der Waals surface area (Å²) in [6.45, 7) is -0.00102. The zero-order chi connectivity index (χ0) is 24.9. The van der Waals surface area contributed by atoms with Gasteiger partial charge in [-0.3, -0.25) is 14.5 Å². The van der Waals surface area contributed by atoms with Crippen LogP contribution >= 0.6 is 0 Å². The van der Waals surface area contributed by atoms with Crippen LogP contribution in [0.3, 0.4) is 0 Å². The van der Waals surface area contributed by atoms with E-state index in [-0.39, 0.29) is 24.4 Å². The zero-order valence-electron chi connectivity index (χ0n) is 20.2. The molecule has 6 nitrogen and oxygen atoms in total. The molecule has 1 unspecified atom stereocenters. The van der Waals surface area contributed by atoms with Crippen LogP contribution in [0.1, 0.15) is 40.7 Å². The standard InChI is InChI=1S/C31H25N3O3/c35-29(20-33(22-16-17-22)31(36)24-11-5-9-21-8-1-2-10-23(21)24)34-26-13-4-3-12-25(26)32-18-6-14-27(32)30(34)28-15-7-19-37-28/h1-15,18-19,22,30H,16-17,20H2. The Hall–Kier alpha value is -4.58. The molecule has 0 N–H and O–H groups in total. The predicted molar refractivity (Wildman–Crippen MR) is 142 cm³/mol. The summed E-state index contributed by atoms with van der Waals surface area (Å²) in [5.74, 6) is 0.443. The second-order valence-corrected chi connectivity index (χ2v) is 9.66. The fourth-order valence-electron chi connectivity index (χ4n) is 5.52. The lowest BCUT2D eigenvalue weighted by atomic mass is 10.0. The van der Waals surface area contributed by atoms with Crippen molar-refractivity contribution >= 4 is 28.3 Å². The summed E-state index contributed by atoms with van der Waals surface area (Å²) < 4.78 is 7.94. The highest BCUT2D eigenvalue weighted by Gasteiger charge is 2.41. The van der Waals surface area contributed by atoms with Gasteiger partial charge in [-0.1, -0.05) is 48.5 Å². The van der Waals surface area contributed by atoms with Gasteiger partial charge in [0.15, 0.2) is 0 Å². The maximum atomic E-state index is 14.2. The molecule has 1 aliphatic carbocycles. The second kappa shape index (κ2) is 8.52. The van der Waals surface area contributed by atoms with Crippen LogP contribution in [-0.4, -0.2) is 33.9 Å². The van der Waals surface area contributed by atoms with Gasteiger partial charge in [0.2, 0.25) is 5.91 Å². The van der Waals surface area contributed by atoms with E-state index in [9.17, 15) is 9.59 Å². The van der Waals surface area contributed by atoms with Gasteiger partial charge in [-0.2, -0.15) is 0 Å². The Morgan fingerprint density at radius 1 is 0.838 bits per heavy atom. The minimum atomic E-state index is -0.430. The monoisotopic (exact) mass is 487 g/mol. The van der Waals surface area contributed by atoms with E-state index >= 15 is 0 Å². The van der Waals surface area contributed by atoms with Crippen molar-refractivity contribution in [2.75, 3.05) is 11.4 Å². The van der Waals surface area contributed by atoms with Crippen molar-refractivity contribution in [2.24, 2.45) is 0 Å². The molecule has 7 rings (SSSR count). The summed E-state index contributed by atoms with van der Waals surface area (Å²) in [6, 6.07) is 28.9. The Labute approximate surface area is 214 Å². The maximum Gasteiger partial charge on any atom is 0.255 e. The number of carbonyl (C=O) groups excluding carboxylic acids is 2. The first-order valence-electron chi connectivity index (χ1n) is 12.6. The van der Waals surface area contributed by atoms with Crippen molar-refractivity contribution in [3.63, 3.8) is 0 Å². The average molecular weight is 488 g/mol.